The number of aryl methyl sites for hydroxylation is 1. The smallest absolute Gasteiger partial charge is 0.310 e. The van der Waals surface area contributed by atoms with E-state index in [1.54, 1.807) is 6.92 Å². The summed E-state index contributed by atoms with van der Waals surface area (Å²) in [5, 5.41) is 0. The predicted molar refractivity (Wildman–Crippen MR) is 36.2 cm³/mol. The Balaban J connectivity index is 3.28. The molecule has 0 radical (unpaired) electrons. The molecule has 0 unspecified atom stereocenters. The van der Waals surface area contributed by atoms with Crippen molar-refractivity contribution >= 4 is 5.78 Å². The van der Waals surface area contributed by atoms with Gasteiger partial charge in [0, 0.05) is 12.6 Å². The second-order valence-corrected chi connectivity index (χ2v) is 2.14. The molecular weight excluding hydrogens is 132 g/mol. The second kappa shape index (κ2) is 2.13. The molecule has 0 aliphatic rings. The van der Waals surface area contributed by atoms with Crippen molar-refractivity contribution in [2.75, 3.05) is 0 Å². The van der Waals surface area contributed by atoms with Crippen LogP contribution in [0.4, 0.5) is 0 Å². The standard InChI is InChI=1S/C6H8N2O2/c1-3-5(4(2)9)8-6(10)7-3/h1-2H3,(H2,7,8,10). The lowest BCUT2D eigenvalue weighted by Crippen LogP contribution is -2.02. The second-order valence-electron chi connectivity index (χ2n) is 2.14. The van der Waals surface area contributed by atoms with Crippen LogP contribution in [0.1, 0.15) is 23.1 Å². The minimum Gasteiger partial charge on any atom is -0.310 e. The molecule has 0 amide bonds. The molecule has 0 saturated heterocycles. The Morgan fingerprint density at radius 3 is 2.20 bits per heavy atom. The lowest BCUT2D eigenvalue weighted by atomic mass is 10.3. The zero-order valence-electron chi connectivity index (χ0n) is 5.82. The van der Waals surface area contributed by atoms with Gasteiger partial charge in [0.2, 0.25) is 0 Å². The molecule has 54 valence electrons. The van der Waals surface area contributed by atoms with Crippen LogP contribution in [0.5, 0.6) is 0 Å². The number of hydrogen-bond acceptors (Lipinski definition) is 2. The van der Waals surface area contributed by atoms with Gasteiger partial charge in [-0.15, -0.1) is 0 Å². The van der Waals surface area contributed by atoms with Crippen LogP contribution < -0.4 is 5.69 Å². The maximum Gasteiger partial charge on any atom is 0.323 e. The van der Waals surface area contributed by atoms with Crippen molar-refractivity contribution < 1.29 is 4.79 Å². The van der Waals surface area contributed by atoms with E-state index in [1.165, 1.54) is 6.92 Å². The molecule has 0 aromatic carbocycles. The van der Waals surface area contributed by atoms with Gasteiger partial charge >= 0.3 is 5.69 Å². The number of ketones is 1. The SMILES string of the molecule is CC(=O)c1[nH]c(=O)[nH]c1C. The van der Waals surface area contributed by atoms with E-state index in [-0.39, 0.29) is 11.5 Å². The molecule has 1 aromatic rings. The summed E-state index contributed by atoms with van der Waals surface area (Å²) >= 11 is 0. The fraction of sp³-hybridized carbons (Fsp3) is 0.333. The van der Waals surface area contributed by atoms with E-state index in [9.17, 15) is 9.59 Å². The van der Waals surface area contributed by atoms with Crippen LogP contribution in [0, 0.1) is 6.92 Å². The van der Waals surface area contributed by atoms with Gasteiger partial charge in [-0.05, 0) is 6.92 Å². The highest BCUT2D eigenvalue weighted by atomic mass is 16.1. The average molecular weight is 140 g/mol. The highest BCUT2D eigenvalue weighted by Crippen LogP contribution is 1.96. The summed E-state index contributed by atoms with van der Waals surface area (Å²) in [5.74, 6) is -0.129. The normalized spacial score (nSPS) is 9.80. The molecule has 0 fully saturated rings. The van der Waals surface area contributed by atoms with Crippen molar-refractivity contribution in [2.24, 2.45) is 0 Å². The van der Waals surface area contributed by atoms with Gasteiger partial charge in [-0.1, -0.05) is 0 Å². The van der Waals surface area contributed by atoms with Crippen LogP contribution in [0.2, 0.25) is 0 Å². The van der Waals surface area contributed by atoms with Gasteiger partial charge in [0.15, 0.2) is 5.78 Å². The number of carbonyl (C=O) groups is 1. The summed E-state index contributed by atoms with van der Waals surface area (Å²) in [6.07, 6.45) is 0. The number of aromatic nitrogens is 2. The largest absolute Gasteiger partial charge is 0.323 e. The van der Waals surface area contributed by atoms with Gasteiger partial charge in [0.25, 0.3) is 0 Å². The fourth-order valence-corrected chi connectivity index (χ4v) is 0.823. The highest BCUT2D eigenvalue weighted by Gasteiger charge is 2.05. The van der Waals surface area contributed by atoms with E-state index in [1.807, 2.05) is 0 Å². The number of Topliss-reactive ketones (excluding diaryl/α,β-unsaturated/α-hetero) is 1. The molecule has 2 N–H and O–H groups in total. The quantitative estimate of drug-likeness (QED) is 0.548. The number of rotatable bonds is 1. The maximum absolute atomic E-state index is 10.7. The van der Waals surface area contributed by atoms with E-state index in [0.29, 0.717) is 11.4 Å². The first kappa shape index (κ1) is 6.80. The minimum atomic E-state index is -0.331. The summed E-state index contributed by atoms with van der Waals surface area (Å²) in [7, 11) is 0. The van der Waals surface area contributed by atoms with Crippen molar-refractivity contribution in [1.29, 1.82) is 0 Å². The Bertz CT molecular complexity index is 308. The highest BCUT2D eigenvalue weighted by molar-refractivity contribution is 5.93. The molecule has 0 bridgehead atoms. The molecular formula is C6H8N2O2. The van der Waals surface area contributed by atoms with Crippen LogP contribution in [0.3, 0.4) is 0 Å². The van der Waals surface area contributed by atoms with E-state index in [0.717, 1.165) is 0 Å². The van der Waals surface area contributed by atoms with Gasteiger partial charge in [-0.3, -0.25) is 4.79 Å². The lowest BCUT2D eigenvalue weighted by molar-refractivity contribution is 0.101. The number of carbonyl (C=O) groups excluding carboxylic acids is 1. The molecule has 0 spiro atoms. The topological polar surface area (TPSA) is 65.7 Å². The molecule has 0 aliphatic heterocycles. The molecule has 1 heterocycles. The van der Waals surface area contributed by atoms with Crippen LogP contribution in [-0.2, 0) is 0 Å². The van der Waals surface area contributed by atoms with Crippen molar-refractivity contribution in [2.45, 2.75) is 13.8 Å². The number of H-pyrrole nitrogens is 2. The predicted octanol–water partition coefficient (Wildman–Crippen LogP) is 0.214. The van der Waals surface area contributed by atoms with Crippen LogP contribution in [-0.4, -0.2) is 15.8 Å². The van der Waals surface area contributed by atoms with Gasteiger partial charge in [-0.25, -0.2) is 4.79 Å². The number of hydrogen-bond donors (Lipinski definition) is 2. The third-order valence-corrected chi connectivity index (χ3v) is 1.27. The zero-order chi connectivity index (χ0) is 7.72. The molecule has 0 saturated carbocycles. The third kappa shape index (κ3) is 1.00. The molecule has 4 heteroatoms. The number of imidazole rings is 1. The van der Waals surface area contributed by atoms with Crippen LogP contribution in [0.15, 0.2) is 4.79 Å². The Morgan fingerprint density at radius 1 is 1.40 bits per heavy atom. The van der Waals surface area contributed by atoms with E-state index < -0.39 is 0 Å². The Hall–Kier alpha value is -1.32. The first-order valence-corrected chi connectivity index (χ1v) is 2.91. The molecule has 4 nitrogen and oxygen atoms in total. The van der Waals surface area contributed by atoms with Gasteiger partial charge in [-0.2, -0.15) is 0 Å². The van der Waals surface area contributed by atoms with Crippen molar-refractivity contribution in [1.82, 2.24) is 9.97 Å². The van der Waals surface area contributed by atoms with Gasteiger partial charge in [0.1, 0.15) is 5.69 Å². The van der Waals surface area contributed by atoms with E-state index in [2.05, 4.69) is 9.97 Å². The Kier molecular flexibility index (Phi) is 1.45. The summed E-state index contributed by atoms with van der Waals surface area (Å²) in [6.45, 7) is 3.08. The average Bonchev–Trinajstić information content (AvgIpc) is 2.10. The Morgan fingerprint density at radius 2 is 2.00 bits per heavy atom. The summed E-state index contributed by atoms with van der Waals surface area (Å²) in [5.41, 5.74) is 0.630. The third-order valence-electron chi connectivity index (χ3n) is 1.27. The Labute approximate surface area is 57.3 Å². The van der Waals surface area contributed by atoms with Crippen molar-refractivity contribution in [3.05, 3.63) is 21.9 Å². The number of aromatic amines is 2. The van der Waals surface area contributed by atoms with Gasteiger partial charge < -0.3 is 9.97 Å². The van der Waals surface area contributed by atoms with Crippen molar-refractivity contribution in [3.8, 4) is 0 Å². The van der Waals surface area contributed by atoms with E-state index in [4.69, 9.17) is 0 Å². The summed E-state index contributed by atoms with van der Waals surface area (Å²) in [4.78, 5) is 26.1. The van der Waals surface area contributed by atoms with Gasteiger partial charge in [0.05, 0.1) is 0 Å². The molecule has 1 rings (SSSR count). The fourth-order valence-electron chi connectivity index (χ4n) is 0.823. The minimum absolute atomic E-state index is 0.129. The first-order valence-electron chi connectivity index (χ1n) is 2.91. The zero-order valence-corrected chi connectivity index (χ0v) is 5.82. The molecule has 0 atom stereocenters. The first-order chi connectivity index (χ1) is 4.61. The number of nitrogens with one attached hydrogen (secondary N) is 2. The maximum atomic E-state index is 10.7. The van der Waals surface area contributed by atoms with Crippen LogP contribution in [0.25, 0.3) is 0 Å². The molecule has 10 heavy (non-hydrogen) atoms. The monoisotopic (exact) mass is 140 g/mol. The molecule has 1 aromatic heterocycles. The summed E-state index contributed by atoms with van der Waals surface area (Å²) < 4.78 is 0. The molecule has 0 aliphatic carbocycles. The van der Waals surface area contributed by atoms with E-state index >= 15 is 0 Å². The lowest BCUT2D eigenvalue weighted by Gasteiger charge is -1.87. The van der Waals surface area contributed by atoms with Crippen LogP contribution >= 0.6 is 0 Å². The summed E-state index contributed by atoms with van der Waals surface area (Å²) in [6, 6.07) is 0. The van der Waals surface area contributed by atoms with Crippen molar-refractivity contribution in [3.63, 3.8) is 0 Å².